The third-order valence-corrected chi connectivity index (χ3v) is 3.99. The van der Waals surface area contributed by atoms with Crippen LogP contribution < -0.4 is 15.4 Å². The summed E-state index contributed by atoms with van der Waals surface area (Å²) in [5.74, 6) is 0.0842. The molecule has 5 heteroatoms. The molecule has 0 aliphatic rings. The van der Waals surface area contributed by atoms with E-state index in [9.17, 15) is 9.59 Å². The average Bonchev–Trinajstić information content (AvgIpc) is 2.61. The van der Waals surface area contributed by atoms with E-state index in [0.717, 1.165) is 37.0 Å². The monoisotopic (exact) mass is 334 g/mol. The lowest BCUT2D eigenvalue weighted by atomic mass is 9.99. The molecular formula is C19H30N2O3. The van der Waals surface area contributed by atoms with E-state index < -0.39 is 11.8 Å². The van der Waals surface area contributed by atoms with Gasteiger partial charge in [-0.15, -0.1) is 0 Å². The number of benzene rings is 1. The fraction of sp³-hybridized carbons (Fsp3) is 0.579. The Hall–Kier alpha value is -2.04. The van der Waals surface area contributed by atoms with Crippen LogP contribution in [0, 0.1) is 5.92 Å². The third-order valence-electron chi connectivity index (χ3n) is 3.99. The van der Waals surface area contributed by atoms with Gasteiger partial charge in [0.05, 0.1) is 6.61 Å². The van der Waals surface area contributed by atoms with Gasteiger partial charge in [0.1, 0.15) is 5.75 Å². The predicted molar refractivity (Wildman–Crippen MR) is 95.8 cm³/mol. The molecule has 0 saturated heterocycles. The van der Waals surface area contributed by atoms with Crippen LogP contribution in [0.4, 0.5) is 0 Å². The van der Waals surface area contributed by atoms with Gasteiger partial charge < -0.3 is 15.4 Å². The van der Waals surface area contributed by atoms with E-state index in [1.807, 2.05) is 31.2 Å². The Morgan fingerprint density at radius 3 is 2.29 bits per heavy atom. The maximum atomic E-state index is 11.9. The number of ether oxygens (including phenoxy) is 1. The lowest BCUT2D eigenvalue weighted by molar-refractivity contribution is -0.139. The van der Waals surface area contributed by atoms with Crippen LogP contribution in [0.1, 0.15) is 52.0 Å². The summed E-state index contributed by atoms with van der Waals surface area (Å²) in [6.45, 7) is 7.70. The molecule has 134 valence electrons. The normalized spacial score (nSPS) is 11.6. The molecule has 0 bridgehead atoms. The van der Waals surface area contributed by atoms with E-state index in [2.05, 4.69) is 24.5 Å². The number of carbonyl (C=O) groups excluding carboxylic acids is 2. The molecular weight excluding hydrogens is 304 g/mol. The molecule has 2 amide bonds. The number of unbranched alkanes of at least 4 members (excludes halogenated alkanes) is 1. The van der Waals surface area contributed by atoms with E-state index in [0.29, 0.717) is 25.6 Å². The maximum Gasteiger partial charge on any atom is 0.309 e. The lowest BCUT2D eigenvalue weighted by Crippen LogP contribution is -2.41. The van der Waals surface area contributed by atoms with Crippen molar-refractivity contribution in [1.29, 1.82) is 0 Å². The highest BCUT2D eigenvalue weighted by Gasteiger charge is 2.14. The minimum atomic E-state index is -0.589. The Labute approximate surface area is 145 Å². The average molecular weight is 334 g/mol. The highest BCUT2D eigenvalue weighted by atomic mass is 16.5. The second-order valence-corrected chi connectivity index (χ2v) is 5.89. The minimum Gasteiger partial charge on any atom is -0.494 e. The van der Waals surface area contributed by atoms with Crippen molar-refractivity contribution in [2.24, 2.45) is 5.92 Å². The summed E-state index contributed by atoms with van der Waals surface area (Å²) in [7, 11) is 0. The largest absolute Gasteiger partial charge is 0.494 e. The van der Waals surface area contributed by atoms with Crippen molar-refractivity contribution in [3.05, 3.63) is 29.8 Å². The van der Waals surface area contributed by atoms with E-state index in [4.69, 9.17) is 4.74 Å². The number of amides is 2. The molecule has 0 unspecified atom stereocenters. The first kappa shape index (κ1) is 20.0. The zero-order chi connectivity index (χ0) is 17.8. The second-order valence-electron chi connectivity index (χ2n) is 5.89. The Bertz CT molecular complexity index is 500. The second kappa shape index (κ2) is 11.5. The standard InChI is InChI=1S/C19H30N2O3/c1-4-7-8-15(5-2)13-20-18(22)19(23)21-14-16-9-11-17(12-10-16)24-6-3/h9-12,15H,4-8,13-14H2,1-3H3,(H,20,22)(H,21,23)/t15-/m1/s1. The number of rotatable bonds is 10. The molecule has 1 aromatic rings. The quantitative estimate of drug-likeness (QED) is 0.646. The van der Waals surface area contributed by atoms with Crippen LogP contribution in [-0.2, 0) is 16.1 Å². The van der Waals surface area contributed by atoms with Gasteiger partial charge in [0.25, 0.3) is 0 Å². The number of nitrogens with one attached hydrogen (secondary N) is 2. The summed E-state index contributed by atoms with van der Waals surface area (Å²) in [5.41, 5.74) is 0.925. The lowest BCUT2D eigenvalue weighted by Gasteiger charge is -2.15. The van der Waals surface area contributed by atoms with E-state index in [1.54, 1.807) is 0 Å². The first-order valence-electron chi connectivity index (χ1n) is 8.88. The molecule has 24 heavy (non-hydrogen) atoms. The topological polar surface area (TPSA) is 67.4 Å². The Morgan fingerprint density at radius 2 is 1.71 bits per heavy atom. The molecule has 0 aromatic heterocycles. The molecule has 0 radical (unpaired) electrons. The summed E-state index contributed by atoms with van der Waals surface area (Å²) in [5, 5.41) is 5.38. The smallest absolute Gasteiger partial charge is 0.309 e. The molecule has 1 aromatic carbocycles. The van der Waals surface area contributed by atoms with Crippen LogP contribution in [0.5, 0.6) is 5.75 Å². The van der Waals surface area contributed by atoms with Gasteiger partial charge in [-0.25, -0.2) is 0 Å². The number of hydrogen-bond donors (Lipinski definition) is 2. The Kier molecular flexibility index (Phi) is 9.58. The number of hydrogen-bond acceptors (Lipinski definition) is 3. The van der Waals surface area contributed by atoms with Gasteiger partial charge in [-0.05, 0) is 37.0 Å². The summed E-state index contributed by atoms with van der Waals surface area (Å²) in [6, 6.07) is 7.46. The molecule has 0 aliphatic heterocycles. The van der Waals surface area contributed by atoms with Crippen LogP contribution in [0.2, 0.25) is 0 Å². The highest BCUT2D eigenvalue weighted by molar-refractivity contribution is 6.35. The molecule has 1 rings (SSSR count). The minimum absolute atomic E-state index is 0.325. The highest BCUT2D eigenvalue weighted by Crippen LogP contribution is 2.12. The summed E-state index contributed by atoms with van der Waals surface area (Å²) >= 11 is 0. The summed E-state index contributed by atoms with van der Waals surface area (Å²) in [6.07, 6.45) is 4.39. The van der Waals surface area contributed by atoms with Crippen LogP contribution in [-0.4, -0.2) is 25.0 Å². The molecule has 5 nitrogen and oxygen atoms in total. The molecule has 2 N–H and O–H groups in total. The van der Waals surface area contributed by atoms with Gasteiger partial charge in [0, 0.05) is 13.1 Å². The SMILES string of the molecule is CCCC[C@@H](CC)CNC(=O)C(=O)NCc1ccc(OCC)cc1. The van der Waals surface area contributed by atoms with Crippen molar-refractivity contribution in [2.45, 2.75) is 53.0 Å². The maximum absolute atomic E-state index is 11.9. The van der Waals surface area contributed by atoms with E-state index in [1.165, 1.54) is 0 Å². The van der Waals surface area contributed by atoms with E-state index in [-0.39, 0.29) is 0 Å². The molecule has 0 saturated carbocycles. The number of carbonyl (C=O) groups is 2. The first-order chi connectivity index (χ1) is 11.6. The van der Waals surface area contributed by atoms with Gasteiger partial charge in [0.2, 0.25) is 0 Å². The van der Waals surface area contributed by atoms with Gasteiger partial charge in [-0.2, -0.15) is 0 Å². The molecule has 1 atom stereocenters. The van der Waals surface area contributed by atoms with Gasteiger partial charge >= 0.3 is 11.8 Å². The van der Waals surface area contributed by atoms with Gasteiger partial charge in [-0.1, -0.05) is 45.2 Å². The molecule has 0 heterocycles. The van der Waals surface area contributed by atoms with Crippen LogP contribution in [0.3, 0.4) is 0 Å². The van der Waals surface area contributed by atoms with Crippen molar-refractivity contribution in [2.75, 3.05) is 13.2 Å². The fourth-order valence-electron chi connectivity index (χ4n) is 2.39. The third kappa shape index (κ3) is 7.49. The van der Waals surface area contributed by atoms with E-state index >= 15 is 0 Å². The van der Waals surface area contributed by atoms with Gasteiger partial charge in [-0.3, -0.25) is 9.59 Å². The predicted octanol–water partition coefficient (Wildman–Crippen LogP) is 3.03. The zero-order valence-electron chi connectivity index (χ0n) is 15.1. The molecule has 0 fully saturated rings. The van der Waals surface area contributed by atoms with Gasteiger partial charge in [0.15, 0.2) is 0 Å². The van der Waals surface area contributed by atoms with Crippen LogP contribution >= 0.6 is 0 Å². The van der Waals surface area contributed by atoms with Crippen molar-refractivity contribution in [3.8, 4) is 5.75 Å². The van der Waals surface area contributed by atoms with Crippen LogP contribution in [0.15, 0.2) is 24.3 Å². The van der Waals surface area contributed by atoms with Crippen molar-refractivity contribution in [1.82, 2.24) is 10.6 Å². The Morgan fingerprint density at radius 1 is 1.04 bits per heavy atom. The first-order valence-corrected chi connectivity index (χ1v) is 8.88. The summed E-state index contributed by atoms with van der Waals surface area (Å²) in [4.78, 5) is 23.7. The molecule has 0 aliphatic carbocycles. The summed E-state index contributed by atoms with van der Waals surface area (Å²) < 4.78 is 5.37. The molecule has 0 spiro atoms. The Balaban J connectivity index is 2.34. The fourth-order valence-corrected chi connectivity index (χ4v) is 2.39. The van der Waals surface area contributed by atoms with Crippen molar-refractivity contribution < 1.29 is 14.3 Å². The van der Waals surface area contributed by atoms with Crippen molar-refractivity contribution in [3.63, 3.8) is 0 Å². The van der Waals surface area contributed by atoms with Crippen molar-refractivity contribution >= 4 is 11.8 Å². The van der Waals surface area contributed by atoms with Crippen LogP contribution in [0.25, 0.3) is 0 Å². The zero-order valence-corrected chi connectivity index (χ0v) is 15.1.